The molecule has 82 valence electrons. The van der Waals surface area contributed by atoms with Gasteiger partial charge in [-0.3, -0.25) is 0 Å². The maximum absolute atomic E-state index is 5.73. The van der Waals surface area contributed by atoms with Gasteiger partial charge in [-0.1, -0.05) is 24.6 Å². The molecule has 1 atom stereocenters. The fourth-order valence-corrected chi connectivity index (χ4v) is 1.73. The van der Waals surface area contributed by atoms with E-state index in [4.69, 9.17) is 9.47 Å². The van der Waals surface area contributed by atoms with Crippen LogP contribution in [0.5, 0.6) is 5.75 Å². The summed E-state index contributed by atoms with van der Waals surface area (Å²) in [5.41, 5.74) is 1.25. The van der Waals surface area contributed by atoms with Crippen molar-refractivity contribution in [3.8, 4) is 5.75 Å². The normalized spacial score (nSPS) is 24.7. The highest BCUT2D eigenvalue weighted by molar-refractivity contribution is 5.26. The monoisotopic (exact) mass is 206 g/mol. The van der Waals surface area contributed by atoms with Crippen molar-refractivity contribution in [3.05, 3.63) is 29.8 Å². The van der Waals surface area contributed by atoms with E-state index in [0.717, 1.165) is 25.2 Å². The van der Waals surface area contributed by atoms with Crippen LogP contribution in [0.25, 0.3) is 0 Å². The lowest BCUT2D eigenvalue weighted by molar-refractivity contribution is -0.166. The van der Waals surface area contributed by atoms with Gasteiger partial charge in [0.2, 0.25) is 0 Å². The molecule has 1 fully saturated rings. The van der Waals surface area contributed by atoms with Gasteiger partial charge in [0.25, 0.3) is 0 Å². The van der Waals surface area contributed by atoms with E-state index in [1.54, 1.807) is 0 Å². The molecule has 1 saturated heterocycles. The fourth-order valence-electron chi connectivity index (χ4n) is 1.73. The SMILES string of the molecule is CCC1(COc2ccc(C)cc2)CCO1. The summed E-state index contributed by atoms with van der Waals surface area (Å²) in [5.74, 6) is 0.934. The molecule has 2 nitrogen and oxygen atoms in total. The van der Waals surface area contributed by atoms with Crippen LogP contribution in [0.15, 0.2) is 24.3 Å². The molecule has 1 heterocycles. The minimum atomic E-state index is -0.00904. The predicted octanol–water partition coefficient (Wildman–Crippen LogP) is 2.94. The Bertz CT molecular complexity index is 306. The van der Waals surface area contributed by atoms with Crippen molar-refractivity contribution >= 4 is 0 Å². The third-order valence-corrected chi connectivity index (χ3v) is 3.13. The lowest BCUT2D eigenvalue weighted by Crippen LogP contribution is -2.48. The van der Waals surface area contributed by atoms with Crippen molar-refractivity contribution in [3.63, 3.8) is 0 Å². The first-order valence-corrected chi connectivity index (χ1v) is 5.57. The molecule has 1 aliphatic rings. The topological polar surface area (TPSA) is 18.5 Å². The maximum Gasteiger partial charge on any atom is 0.119 e. The second kappa shape index (κ2) is 4.23. The second-order valence-electron chi connectivity index (χ2n) is 4.24. The van der Waals surface area contributed by atoms with Gasteiger partial charge in [0.15, 0.2) is 0 Å². The average Bonchev–Trinajstić information content (AvgIpc) is 2.20. The van der Waals surface area contributed by atoms with Gasteiger partial charge in [-0.15, -0.1) is 0 Å². The zero-order valence-corrected chi connectivity index (χ0v) is 9.45. The van der Waals surface area contributed by atoms with Crippen LogP contribution in [0, 0.1) is 6.92 Å². The van der Waals surface area contributed by atoms with E-state index < -0.39 is 0 Å². The van der Waals surface area contributed by atoms with Crippen LogP contribution in [0.4, 0.5) is 0 Å². The molecule has 0 N–H and O–H groups in total. The van der Waals surface area contributed by atoms with Gasteiger partial charge in [-0.25, -0.2) is 0 Å². The Labute approximate surface area is 91.2 Å². The van der Waals surface area contributed by atoms with Gasteiger partial charge in [0.1, 0.15) is 18.0 Å². The van der Waals surface area contributed by atoms with Crippen molar-refractivity contribution in [2.24, 2.45) is 0 Å². The van der Waals surface area contributed by atoms with Gasteiger partial charge in [-0.2, -0.15) is 0 Å². The summed E-state index contributed by atoms with van der Waals surface area (Å²) in [4.78, 5) is 0. The molecule has 2 rings (SSSR count). The number of hydrogen-bond donors (Lipinski definition) is 0. The summed E-state index contributed by atoms with van der Waals surface area (Å²) in [5, 5.41) is 0. The number of benzene rings is 1. The van der Waals surface area contributed by atoms with Gasteiger partial charge in [-0.05, 0) is 25.5 Å². The zero-order chi connectivity index (χ0) is 10.7. The van der Waals surface area contributed by atoms with Gasteiger partial charge < -0.3 is 9.47 Å². The Hall–Kier alpha value is -1.02. The summed E-state index contributed by atoms with van der Waals surface area (Å²) < 4.78 is 11.3. The Morgan fingerprint density at radius 2 is 2.00 bits per heavy atom. The minimum absolute atomic E-state index is 0.00904. The molecule has 0 radical (unpaired) electrons. The third kappa shape index (κ3) is 2.32. The first-order valence-electron chi connectivity index (χ1n) is 5.57. The van der Waals surface area contributed by atoms with Crippen molar-refractivity contribution in [1.82, 2.24) is 0 Å². The number of aryl methyl sites for hydroxylation is 1. The summed E-state index contributed by atoms with van der Waals surface area (Å²) >= 11 is 0. The molecule has 1 aromatic carbocycles. The van der Waals surface area contributed by atoms with Crippen LogP contribution < -0.4 is 4.74 Å². The van der Waals surface area contributed by atoms with E-state index in [1.807, 2.05) is 12.1 Å². The van der Waals surface area contributed by atoms with Crippen molar-refractivity contribution in [2.75, 3.05) is 13.2 Å². The molecule has 0 aromatic heterocycles. The molecule has 1 unspecified atom stereocenters. The summed E-state index contributed by atoms with van der Waals surface area (Å²) in [7, 11) is 0. The zero-order valence-electron chi connectivity index (χ0n) is 9.45. The number of ether oxygens (including phenoxy) is 2. The highest BCUT2D eigenvalue weighted by Gasteiger charge is 2.37. The Morgan fingerprint density at radius 3 is 2.47 bits per heavy atom. The summed E-state index contributed by atoms with van der Waals surface area (Å²) in [6.07, 6.45) is 2.15. The first-order chi connectivity index (χ1) is 7.24. The average molecular weight is 206 g/mol. The second-order valence-corrected chi connectivity index (χ2v) is 4.24. The van der Waals surface area contributed by atoms with Crippen LogP contribution in [0.3, 0.4) is 0 Å². The maximum atomic E-state index is 5.73. The lowest BCUT2D eigenvalue weighted by atomic mass is 9.93. The molecule has 0 saturated carbocycles. The highest BCUT2D eigenvalue weighted by Crippen LogP contribution is 2.30. The highest BCUT2D eigenvalue weighted by atomic mass is 16.6. The fraction of sp³-hybridized carbons (Fsp3) is 0.538. The standard InChI is InChI=1S/C13H18O2/c1-3-13(8-9-15-13)10-14-12-6-4-11(2)5-7-12/h4-7H,3,8-10H2,1-2H3. The van der Waals surface area contributed by atoms with Crippen LogP contribution in [0.2, 0.25) is 0 Å². The molecule has 0 aliphatic carbocycles. The first kappa shape index (κ1) is 10.5. The molecule has 0 amide bonds. The van der Waals surface area contributed by atoms with Crippen LogP contribution in [-0.4, -0.2) is 18.8 Å². The Balaban J connectivity index is 1.90. The van der Waals surface area contributed by atoms with Crippen LogP contribution in [0.1, 0.15) is 25.3 Å². The van der Waals surface area contributed by atoms with Gasteiger partial charge in [0, 0.05) is 6.42 Å². The van der Waals surface area contributed by atoms with Crippen molar-refractivity contribution < 1.29 is 9.47 Å². The molecule has 0 spiro atoms. The predicted molar refractivity (Wildman–Crippen MR) is 60.3 cm³/mol. The van der Waals surface area contributed by atoms with E-state index in [0.29, 0.717) is 6.61 Å². The molecule has 1 aromatic rings. The Kier molecular flexibility index (Phi) is 2.96. The van der Waals surface area contributed by atoms with E-state index in [-0.39, 0.29) is 5.60 Å². The third-order valence-electron chi connectivity index (χ3n) is 3.13. The summed E-state index contributed by atoms with van der Waals surface area (Å²) in [6.45, 7) is 5.78. The van der Waals surface area contributed by atoms with Crippen LogP contribution >= 0.6 is 0 Å². The molecule has 2 heteroatoms. The van der Waals surface area contributed by atoms with Gasteiger partial charge in [0.05, 0.1) is 6.61 Å². The van der Waals surface area contributed by atoms with E-state index >= 15 is 0 Å². The molecule has 0 bridgehead atoms. The van der Waals surface area contributed by atoms with E-state index in [9.17, 15) is 0 Å². The molecule has 15 heavy (non-hydrogen) atoms. The lowest BCUT2D eigenvalue weighted by Gasteiger charge is -2.40. The van der Waals surface area contributed by atoms with Crippen molar-refractivity contribution in [1.29, 1.82) is 0 Å². The molecular formula is C13H18O2. The molecule has 1 aliphatic heterocycles. The van der Waals surface area contributed by atoms with Crippen LogP contribution in [-0.2, 0) is 4.74 Å². The largest absolute Gasteiger partial charge is 0.491 e. The molecular weight excluding hydrogens is 188 g/mol. The number of rotatable bonds is 4. The number of hydrogen-bond acceptors (Lipinski definition) is 2. The van der Waals surface area contributed by atoms with Crippen molar-refractivity contribution in [2.45, 2.75) is 32.3 Å². The Morgan fingerprint density at radius 1 is 1.33 bits per heavy atom. The van der Waals surface area contributed by atoms with E-state index in [2.05, 4.69) is 26.0 Å². The summed E-state index contributed by atoms with van der Waals surface area (Å²) in [6, 6.07) is 8.15. The minimum Gasteiger partial charge on any atom is -0.491 e. The smallest absolute Gasteiger partial charge is 0.119 e. The quantitative estimate of drug-likeness (QED) is 0.754. The van der Waals surface area contributed by atoms with E-state index in [1.165, 1.54) is 5.56 Å². The van der Waals surface area contributed by atoms with Gasteiger partial charge >= 0.3 is 0 Å².